The summed E-state index contributed by atoms with van der Waals surface area (Å²) < 4.78 is 6.60. The highest BCUT2D eigenvalue weighted by atomic mass is 16.3. The summed E-state index contributed by atoms with van der Waals surface area (Å²) in [7, 11) is 0. The summed E-state index contributed by atoms with van der Waals surface area (Å²) in [6.07, 6.45) is 0. The van der Waals surface area contributed by atoms with Crippen LogP contribution in [0.1, 0.15) is 22.3 Å². The molecular weight excluding hydrogens is 787 g/mol. The summed E-state index contributed by atoms with van der Waals surface area (Å²) >= 11 is 0. The van der Waals surface area contributed by atoms with E-state index in [1.165, 1.54) is 55.3 Å². The Morgan fingerprint density at radius 2 is 0.908 bits per heavy atom. The minimum Gasteiger partial charge on any atom is -0.455 e. The highest BCUT2D eigenvalue weighted by Crippen LogP contribution is 2.57. The average molecular weight is 828 g/mol. The first-order chi connectivity index (χ1) is 32.2. The second-order valence-electron chi connectivity index (χ2n) is 17.2. The zero-order valence-electron chi connectivity index (χ0n) is 35.5. The van der Waals surface area contributed by atoms with Crippen molar-refractivity contribution in [2.45, 2.75) is 5.41 Å². The molecule has 11 aromatic carbocycles. The van der Waals surface area contributed by atoms with Gasteiger partial charge in [0.05, 0.1) is 11.1 Å². The lowest BCUT2D eigenvalue weighted by Gasteiger charge is -2.35. The number of nitrogens with zero attached hydrogens (tertiary/aromatic N) is 1. The molecule has 0 atom stereocenters. The van der Waals surface area contributed by atoms with Crippen molar-refractivity contribution in [1.82, 2.24) is 0 Å². The molecule has 65 heavy (non-hydrogen) atoms. The van der Waals surface area contributed by atoms with Crippen molar-refractivity contribution in [3.8, 4) is 33.4 Å². The number of furan rings is 1. The quantitative estimate of drug-likeness (QED) is 0.159. The van der Waals surface area contributed by atoms with Crippen LogP contribution < -0.4 is 4.90 Å². The topological polar surface area (TPSA) is 16.4 Å². The maximum Gasteiger partial charge on any atom is 0.143 e. The smallest absolute Gasteiger partial charge is 0.143 e. The van der Waals surface area contributed by atoms with Crippen LogP contribution in [0.3, 0.4) is 0 Å². The maximum atomic E-state index is 6.60. The third-order valence-corrected chi connectivity index (χ3v) is 13.7. The molecular formula is C63H41NO. The van der Waals surface area contributed by atoms with Gasteiger partial charge in [0, 0.05) is 33.1 Å². The van der Waals surface area contributed by atoms with E-state index in [2.05, 4.69) is 248 Å². The molecule has 0 fully saturated rings. The van der Waals surface area contributed by atoms with Gasteiger partial charge in [0.25, 0.3) is 0 Å². The van der Waals surface area contributed by atoms with E-state index < -0.39 is 5.41 Å². The van der Waals surface area contributed by atoms with Gasteiger partial charge >= 0.3 is 0 Å². The Balaban J connectivity index is 1.07. The number of hydrogen-bond donors (Lipinski definition) is 0. The van der Waals surface area contributed by atoms with Crippen LogP contribution in [0.2, 0.25) is 0 Å². The van der Waals surface area contributed by atoms with E-state index in [-0.39, 0.29) is 0 Å². The van der Waals surface area contributed by atoms with E-state index in [1.54, 1.807) is 0 Å². The van der Waals surface area contributed by atoms with E-state index in [4.69, 9.17) is 4.42 Å². The molecule has 12 aromatic rings. The third kappa shape index (κ3) is 5.74. The molecule has 2 heteroatoms. The Hall–Kier alpha value is -8.46. The molecule has 1 aromatic heterocycles. The zero-order valence-corrected chi connectivity index (χ0v) is 35.5. The number of fused-ring (bicyclic) bond motifs is 9. The zero-order chi connectivity index (χ0) is 42.9. The van der Waals surface area contributed by atoms with Crippen molar-refractivity contribution < 1.29 is 4.42 Å². The van der Waals surface area contributed by atoms with Gasteiger partial charge in [-0.15, -0.1) is 0 Å². The van der Waals surface area contributed by atoms with Crippen molar-refractivity contribution in [2.24, 2.45) is 0 Å². The summed E-state index contributed by atoms with van der Waals surface area (Å²) in [6, 6.07) is 91.0. The maximum absolute atomic E-state index is 6.60. The van der Waals surface area contributed by atoms with Crippen LogP contribution in [-0.4, -0.2) is 0 Å². The van der Waals surface area contributed by atoms with Crippen LogP contribution in [-0.2, 0) is 5.41 Å². The van der Waals surface area contributed by atoms with Crippen molar-refractivity contribution in [2.75, 3.05) is 4.90 Å². The predicted octanol–water partition coefficient (Wildman–Crippen LogP) is 17.1. The fourth-order valence-corrected chi connectivity index (χ4v) is 10.8. The van der Waals surface area contributed by atoms with Gasteiger partial charge < -0.3 is 9.32 Å². The van der Waals surface area contributed by atoms with Gasteiger partial charge in [-0.05, 0) is 115 Å². The molecule has 304 valence electrons. The Labute approximate surface area is 377 Å². The first kappa shape index (κ1) is 37.1. The highest BCUT2D eigenvalue weighted by molar-refractivity contribution is 6.20. The highest BCUT2D eigenvalue weighted by Gasteiger charge is 2.46. The number of rotatable bonds is 7. The van der Waals surface area contributed by atoms with Gasteiger partial charge in [0.1, 0.15) is 11.2 Å². The van der Waals surface area contributed by atoms with Gasteiger partial charge in [0.15, 0.2) is 0 Å². The molecule has 1 heterocycles. The molecule has 0 bridgehead atoms. The number of benzene rings is 11. The molecule has 0 N–H and O–H groups in total. The van der Waals surface area contributed by atoms with Gasteiger partial charge in [-0.3, -0.25) is 0 Å². The fraction of sp³-hybridized carbons (Fsp3) is 0.0159. The second-order valence-corrected chi connectivity index (χ2v) is 17.2. The van der Waals surface area contributed by atoms with Crippen LogP contribution in [0.25, 0.3) is 76.9 Å². The molecule has 2 nitrogen and oxygen atoms in total. The Bertz CT molecular complexity index is 3730. The van der Waals surface area contributed by atoms with E-state index in [1.807, 2.05) is 6.07 Å². The molecule has 13 rings (SSSR count). The molecule has 0 saturated carbocycles. The lowest BCUT2D eigenvalue weighted by Crippen LogP contribution is -2.28. The van der Waals surface area contributed by atoms with Gasteiger partial charge in [0.2, 0.25) is 0 Å². The lowest BCUT2D eigenvalue weighted by molar-refractivity contribution is 0.672. The Kier molecular flexibility index (Phi) is 8.47. The first-order valence-electron chi connectivity index (χ1n) is 22.4. The largest absolute Gasteiger partial charge is 0.455 e. The predicted molar refractivity (Wildman–Crippen MR) is 272 cm³/mol. The summed E-state index contributed by atoms with van der Waals surface area (Å²) in [5.74, 6) is 0. The van der Waals surface area contributed by atoms with Crippen molar-refractivity contribution in [3.05, 3.63) is 271 Å². The van der Waals surface area contributed by atoms with Crippen molar-refractivity contribution in [3.63, 3.8) is 0 Å². The van der Waals surface area contributed by atoms with Crippen LogP contribution in [0.5, 0.6) is 0 Å². The molecule has 1 aliphatic carbocycles. The summed E-state index contributed by atoms with van der Waals surface area (Å²) in [4.78, 5) is 2.47. The van der Waals surface area contributed by atoms with E-state index in [0.717, 1.165) is 60.9 Å². The van der Waals surface area contributed by atoms with Crippen LogP contribution in [0.4, 0.5) is 17.1 Å². The monoisotopic (exact) mass is 827 g/mol. The van der Waals surface area contributed by atoms with E-state index in [0.29, 0.717) is 0 Å². The second kappa shape index (κ2) is 14.8. The summed E-state index contributed by atoms with van der Waals surface area (Å²) in [5.41, 5.74) is 16.7. The number of hydrogen-bond acceptors (Lipinski definition) is 2. The molecule has 0 amide bonds. The van der Waals surface area contributed by atoms with Gasteiger partial charge in [-0.2, -0.15) is 0 Å². The first-order valence-corrected chi connectivity index (χ1v) is 22.4. The Morgan fingerprint density at radius 1 is 0.323 bits per heavy atom. The average Bonchev–Trinajstić information content (AvgIpc) is 3.91. The Morgan fingerprint density at radius 3 is 1.69 bits per heavy atom. The summed E-state index contributed by atoms with van der Waals surface area (Å²) in [5, 5.41) is 6.95. The molecule has 1 aliphatic rings. The lowest BCUT2D eigenvalue weighted by atomic mass is 9.67. The SMILES string of the molecule is c1ccc(C2(c3ccccc3)c3ccccc3-c3ccc(N(c4ccc(-c5ccc6ccccc6c5)cc4)c4ccccc4-c4cc5c6ccccc6oc5c5ccccc45)cc32)cc1. The van der Waals surface area contributed by atoms with Crippen LogP contribution >= 0.6 is 0 Å². The fourth-order valence-electron chi connectivity index (χ4n) is 10.8. The minimum atomic E-state index is -0.542. The normalized spacial score (nSPS) is 12.7. The number of anilines is 3. The van der Waals surface area contributed by atoms with Gasteiger partial charge in [-0.1, -0.05) is 200 Å². The summed E-state index contributed by atoms with van der Waals surface area (Å²) in [6.45, 7) is 0. The van der Waals surface area contributed by atoms with E-state index in [9.17, 15) is 0 Å². The molecule has 0 spiro atoms. The van der Waals surface area contributed by atoms with Crippen LogP contribution in [0, 0.1) is 0 Å². The van der Waals surface area contributed by atoms with Crippen molar-refractivity contribution >= 4 is 60.5 Å². The number of para-hydroxylation sites is 2. The standard InChI is InChI=1S/C63H41NO/c1-3-19-46(20-4-1)63(47-21-5-2-6-22-47)58-28-14-11-24-51(58)52-38-37-49(40-59(52)63)64(48-35-33-43(34-36-48)45-32-31-42-17-7-8-18-44(42)39-45)60-29-15-12-25-53(60)56-41-57-54-26-13-16-30-61(54)65-62(57)55-27-10-9-23-50(55)56/h1-41H. The van der Waals surface area contributed by atoms with Crippen molar-refractivity contribution in [1.29, 1.82) is 0 Å². The molecule has 0 unspecified atom stereocenters. The van der Waals surface area contributed by atoms with Crippen LogP contribution in [0.15, 0.2) is 253 Å². The van der Waals surface area contributed by atoms with E-state index >= 15 is 0 Å². The molecule has 0 saturated heterocycles. The molecule has 0 radical (unpaired) electrons. The minimum absolute atomic E-state index is 0.542. The third-order valence-electron chi connectivity index (χ3n) is 13.7. The molecule has 0 aliphatic heterocycles. The van der Waals surface area contributed by atoms with Gasteiger partial charge in [-0.25, -0.2) is 0 Å².